The molecule has 0 bridgehead atoms. The average molecular weight is 345 g/mol. The Morgan fingerprint density at radius 3 is 2.68 bits per heavy atom. The van der Waals surface area contributed by atoms with Crippen LogP contribution < -0.4 is 15.7 Å². The van der Waals surface area contributed by atoms with E-state index in [1.807, 2.05) is 6.07 Å². The number of carbonyl (C=O) groups is 2. The number of aliphatic carboxylic acids is 1. The van der Waals surface area contributed by atoms with Crippen LogP contribution >= 0.6 is 0 Å². The molecule has 1 aliphatic carbocycles. The predicted molar refractivity (Wildman–Crippen MR) is 89.8 cm³/mol. The van der Waals surface area contributed by atoms with Crippen molar-refractivity contribution in [3.05, 3.63) is 39.7 Å². The van der Waals surface area contributed by atoms with Gasteiger partial charge in [-0.3, -0.25) is 9.59 Å². The molecule has 1 amide bonds. The second kappa shape index (κ2) is 6.58. The molecule has 1 aliphatic rings. The molecule has 7 nitrogen and oxygen atoms in total. The van der Waals surface area contributed by atoms with Gasteiger partial charge in [0.05, 0.1) is 0 Å². The molecule has 0 saturated carbocycles. The fourth-order valence-electron chi connectivity index (χ4n) is 2.99. The lowest BCUT2D eigenvalue weighted by atomic mass is 10.1. The number of amides is 1. The van der Waals surface area contributed by atoms with Crippen LogP contribution in [0.5, 0.6) is 5.75 Å². The molecular weight excluding hydrogens is 326 g/mol. The largest absolute Gasteiger partial charge is 0.481 e. The highest BCUT2D eigenvalue weighted by Crippen LogP contribution is 2.29. The van der Waals surface area contributed by atoms with Crippen molar-refractivity contribution in [2.24, 2.45) is 0 Å². The van der Waals surface area contributed by atoms with Gasteiger partial charge in [0, 0.05) is 17.0 Å². The zero-order valence-corrected chi connectivity index (χ0v) is 14.0. The molecule has 1 aromatic carbocycles. The van der Waals surface area contributed by atoms with Crippen molar-refractivity contribution in [3.63, 3.8) is 0 Å². The normalized spacial score (nSPS) is 15.4. The molecule has 2 atom stereocenters. The zero-order valence-electron chi connectivity index (χ0n) is 14.0. The highest BCUT2D eigenvalue weighted by atomic mass is 16.5. The van der Waals surface area contributed by atoms with Crippen LogP contribution in [0.15, 0.2) is 27.4 Å². The van der Waals surface area contributed by atoms with Gasteiger partial charge >= 0.3 is 11.6 Å². The van der Waals surface area contributed by atoms with Crippen molar-refractivity contribution in [1.82, 2.24) is 5.32 Å². The van der Waals surface area contributed by atoms with Gasteiger partial charge < -0.3 is 19.6 Å². The number of carboxylic acids is 1. The van der Waals surface area contributed by atoms with E-state index in [0.717, 1.165) is 35.8 Å². The molecular formula is C18H19NO6. The predicted octanol–water partition coefficient (Wildman–Crippen LogP) is 1.64. The van der Waals surface area contributed by atoms with E-state index in [-0.39, 0.29) is 5.63 Å². The maximum atomic E-state index is 12.0. The van der Waals surface area contributed by atoms with Crippen LogP contribution in [0.1, 0.15) is 31.4 Å². The first-order valence-electron chi connectivity index (χ1n) is 8.15. The minimum absolute atomic E-state index is 0.321. The smallest absolute Gasteiger partial charge is 0.339 e. The van der Waals surface area contributed by atoms with E-state index >= 15 is 0 Å². The number of carbonyl (C=O) groups excluding carboxylic acids is 1. The minimum atomic E-state index is -1.12. The van der Waals surface area contributed by atoms with Crippen molar-refractivity contribution in [2.75, 3.05) is 0 Å². The van der Waals surface area contributed by atoms with Gasteiger partial charge in [0.25, 0.3) is 5.91 Å². The van der Waals surface area contributed by atoms with E-state index in [2.05, 4.69) is 5.32 Å². The summed E-state index contributed by atoms with van der Waals surface area (Å²) in [5.41, 5.74) is 1.88. The Morgan fingerprint density at radius 1 is 1.24 bits per heavy atom. The molecule has 0 aliphatic heterocycles. The first kappa shape index (κ1) is 17.0. The third-order valence-corrected chi connectivity index (χ3v) is 4.36. The van der Waals surface area contributed by atoms with Gasteiger partial charge in [-0.15, -0.1) is 0 Å². The van der Waals surface area contributed by atoms with Crippen LogP contribution in [0.3, 0.4) is 0 Å². The Hall–Kier alpha value is -2.83. The van der Waals surface area contributed by atoms with Crippen LogP contribution in [0.25, 0.3) is 11.0 Å². The van der Waals surface area contributed by atoms with Crippen LogP contribution in [-0.2, 0) is 22.4 Å². The fourth-order valence-corrected chi connectivity index (χ4v) is 2.99. The monoisotopic (exact) mass is 345 g/mol. The van der Waals surface area contributed by atoms with E-state index in [4.69, 9.17) is 14.3 Å². The van der Waals surface area contributed by atoms with Crippen LogP contribution in [0, 0.1) is 0 Å². The number of hydrogen-bond acceptors (Lipinski definition) is 5. The van der Waals surface area contributed by atoms with E-state index in [0.29, 0.717) is 11.3 Å². The standard InChI is InChI=1S/C18H19NO6/c1-9(17(21)22)19-16(20)10(2)24-11-6-7-13-12-4-3-5-14(12)18(23)25-15(13)8-11/h6-10H,3-5H2,1-2H3,(H,19,20)(H,21,22)/t9-,10+/m0/s1. The van der Waals surface area contributed by atoms with Crippen molar-refractivity contribution in [1.29, 1.82) is 0 Å². The number of ether oxygens (including phenoxy) is 1. The van der Waals surface area contributed by atoms with Gasteiger partial charge in [0.2, 0.25) is 0 Å². The third kappa shape index (κ3) is 3.35. The lowest BCUT2D eigenvalue weighted by molar-refractivity contribution is -0.142. The molecule has 2 N–H and O–H groups in total. The summed E-state index contributed by atoms with van der Waals surface area (Å²) in [5, 5.41) is 12.1. The fraction of sp³-hybridized carbons (Fsp3) is 0.389. The summed E-state index contributed by atoms with van der Waals surface area (Å²) < 4.78 is 10.9. The maximum Gasteiger partial charge on any atom is 0.339 e. The molecule has 3 rings (SSSR count). The average Bonchev–Trinajstić information content (AvgIpc) is 3.05. The van der Waals surface area contributed by atoms with Gasteiger partial charge in [0.1, 0.15) is 17.4 Å². The van der Waals surface area contributed by atoms with E-state index in [1.54, 1.807) is 12.1 Å². The molecule has 0 spiro atoms. The SMILES string of the molecule is C[C@H](NC(=O)[C@@H](C)Oc1ccc2c3c(c(=O)oc2c1)CCC3)C(=O)O. The van der Waals surface area contributed by atoms with Crippen molar-refractivity contribution in [3.8, 4) is 5.75 Å². The highest BCUT2D eigenvalue weighted by Gasteiger charge is 2.22. The summed E-state index contributed by atoms with van der Waals surface area (Å²) in [5.74, 6) is -1.29. The van der Waals surface area contributed by atoms with E-state index in [9.17, 15) is 14.4 Å². The van der Waals surface area contributed by atoms with Crippen molar-refractivity contribution in [2.45, 2.75) is 45.3 Å². The molecule has 25 heavy (non-hydrogen) atoms. The van der Waals surface area contributed by atoms with Crippen LogP contribution in [-0.4, -0.2) is 29.1 Å². The molecule has 0 radical (unpaired) electrons. The van der Waals surface area contributed by atoms with Gasteiger partial charge in [-0.2, -0.15) is 0 Å². The lowest BCUT2D eigenvalue weighted by Gasteiger charge is -2.17. The molecule has 0 saturated heterocycles. The number of carboxylic acid groups (broad SMARTS) is 1. The Labute approximate surface area is 143 Å². The second-order valence-electron chi connectivity index (χ2n) is 6.19. The summed E-state index contributed by atoms with van der Waals surface area (Å²) in [6.07, 6.45) is 1.64. The van der Waals surface area contributed by atoms with Gasteiger partial charge in [-0.25, -0.2) is 4.79 Å². The molecule has 1 aromatic heterocycles. The summed E-state index contributed by atoms with van der Waals surface area (Å²) in [7, 11) is 0. The summed E-state index contributed by atoms with van der Waals surface area (Å²) >= 11 is 0. The Morgan fingerprint density at radius 2 is 1.96 bits per heavy atom. The minimum Gasteiger partial charge on any atom is -0.481 e. The number of rotatable bonds is 5. The second-order valence-corrected chi connectivity index (χ2v) is 6.19. The first-order chi connectivity index (χ1) is 11.9. The van der Waals surface area contributed by atoms with Crippen molar-refractivity contribution >= 4 is 22.8 Å². The first-order valence-corrected chi connectivity index (χ1v) is 8.15. The number of hydrogen-bond donors (Lipinski definition) is 2. The Bertz CT molecular complexity index is 900. The van der Waals surface area contributed by atoms with Gasteiger partial charge in [0.15, 0.2) is 6.10 Å². The molecule has 1 heterocycles. The van der Waals surface area contributed by atoms with Crippen molar-refractivity contribution < 1.29 is 23.8 Å². The third-order valence-electron chi connectivity index (χ3n) is 4.36. The Balaban J connectivity index is 1.81. The van der Waals surface area contributed by atoms with E-state index < -0.39 is 24.0 Å². The number of nitrogens with one attached hydrogen (secondary N) is 1. The van der Waals surface area contributed by atoms with Crippen LogP contribution in [0.2, 0.25) is 0 Å². The summed E-state index contributed by atoms with van der Waals surface area (Å²) in [6.45, 7) is 2.89. The number of benzene rings is 1. The van der Waals surface area contributed by atoms with Crippen LogP contribution in [0.4, 0.5) is 0 Å². The lowest BCUT2D eigenvalue weighted by Crippen LogP contribution is -2.44. The molecule has 0 unspecified atom stereocenters. The Kier molecular flexibility index (Phi) is 4.48. The number of fused-ring (bicyclic) bond motifs is 3. The highest BCUT2D eigenvalue weighted by molar-refractivity contribution is 5.86. The van der Waals surface area contributed by atoms with Gasteiger partial charge in [-0.1, -0.05) is 0 Å². The molecule has 0 fully saturated rings. The quantitative estimate of drug-likeness (QED) is 0.798. The van der Waals surface area contributed by atoms with Gasteiger partial charge in [-0.05, 0) is 50.8 Å². The molecule has 2 aromatic rings. The number of aryl methyl sites for hydroxylation is 1. The molecule has 7 heteroatoms. The summed E-state index contributed by atoms with van der Waals surface area (Å²) in [6, 6.07) is 4.11. The maximum absolute atomic E-state index is 12.0. The summed E-state index contributed by atoms with van der Waals surface area (Å²) in [4.78, 5) is 34.8. The topological polar surface area (TPSA) is 106 Å². The molecule has 132 valence electrons. The van der Waals surface area contributed by atoms with E-state index in [1.165, 1.54) is 13.8 Å². The zero-order chi connectivity index (χ0) is 18.1.